The third kappa shape index (κ3) is 10.1. The molecule has 3 aromatic rings. The van der Waals surface area contributed by atoms with Gasteiger partial charge < -0.3 is 39.3 Å². The molecule has 0 aromatic heterocycles. The number of oxime groups is 1. The number of unbranched alkanes of at least 4 members (excludes halogenated alkanes) is 2. The molecule has 1 saturated heterocycles. The average molecular weight is 886 g/mol. The molecule has 7 atom stereocenters. The maximum atomic E-state index is 14.9. The highest BCUT2D eigenvalue weighted by Crippen LogP contribution is 2.62. The Bertz CT molecular complexity index is 2260. The summed E-state index contributed by atoms with van der Waals surface area (Å²) in [5.74, 6) is -0.853. The van der Waals surface area contributed by atoms with E-state index in [2.05, 4.69) is 31.8 Å². The van der Waals surface area contributed by atoms with Gasteiger partial charge in [0, 0.05) is 57.2 Å². The Labute approximate surface area is 372 Å². The average Bonchev–Trinajstić information content (AvgIpc) is 3.27. The Morgan fingerprint density at radius 3 is 2.40 bits per heavy atom. The van der Waals surface area contributed by atoms with E-state index in [1.54, 1.807) is 25.3 Å². The summed E-state index contributed by atoms with van der Waals surface area (Å²) >= 11 is 0. The standard InChI is InChI=1S/C49H63N3O10S/c1-6-26-59-49-45(52(5)63(56,57)39-21-17-36(18-22-39)50-34(4)55)31-43(51-62-46-15-9-12-27-58-46)41-29-35(13-7-10-24-53)40(14-8-11-25-54)47(48(41)49)42-30-38(20-23-44(42)61-49)60-37-19-16-32(2)33(3)28-37/h6,16-23,28-30,35,40,45-48,53-54H,1,7-15,24-27,31H2,2-5H3,(H,50,55). The van der Waals surface area contributed by atoms with E-state index in [1.807, 2.05) is 36.4 Å². The second-order valence-electron chi connectivity index (χ2n) is 17.2. The van der Waals surface area contributed by atoms with Crippen LogP contribution in [0.25, 0.3) is 0 Å². The predicted octanol–water partition coefficient (Wildman–Crippen LogP) is 8.54. The molecule has 4 aliphatic rings. The molecule has 1 saturated carbocycles. The van der Waals surface area contributed by atoms with Gasteiger partial charge in [-0.15, -0.1) is 6.58 Å². The van der Waals surface area contributed by atoms with E-state index in [9.17, 15) is 23.4 Å². The molecule has 1 amide bonds. The van der Waals surface area contributed by atoms with Gasteiger partial charge in [0.05, 0.1) is 35.8 Å². The van der Waals surface area contributed by atoms with E-state index < -0.39 is 34.1 Å². The SMILES string of the molecule is C=CCOC12Oc3ccc(Oc4ccc(C)c(C)c4)cc3C3C(CCCCO)C(CCCCO)C=C(C(=NOC4CCCCO4)CC1N(C)S(=O)(=O)c1ccc(NC(C)=O)cc1)C32. The van der Waals surface area contributed by atoms with Gasteiger partial charge >= 0.3 is 0 Å². The molecule has 7 rings (SSSR count). The highest BCUT2D eigenvalue weighted by atomic mass is 32.2. The van der Waals surface area contributed by atoms with Crippen molar-refractivity contribution in [3.63, 3.8) is 0 Å². The number of nitrogens with one attached hydrogen (secondary N) is 1. The lowest BCUT2D eigenvalue weighted by Gasteiger charge is -2.59. The van der Waals surface area contributed by atoms with Crippen LogP contribution in [-0.2, 0) is 29.1 Å². The number of fused-ring (bicyclic) bond motifs is 2. The van der Waals surface area contributed by atoms with Crippen molar-refractivity contribution >= 4 is 27.3 Å². The molecule has 0 radical (unpaired) electrons. The summed E-state index contributed by atoms with van der Waals surface area (Å²) in [5, 5.41) is 27.5. The molecule has 0 bridgehead atoms. The number of carbonyl (C=O) groups excluding carboxylic acids is 1. The fraction of sp³-hybridized carbons (Fsp3) is 0.510. The number of benzene rings is 3. The van der Waals surface area contributed by atoms with Gasteiger partial charge in [-0.2, -0.15) is 4.31 Å². The van der Waals surface area contributed by atoms with E-state index in [0.29, 0.717) is 54.5 Å². The highest BCUT2D eigenvalue weighted by Gasteiger charge is 2.65. The van der Waals surface area contributed by atoms with E-state index in [-0.39, 0.29) is 54.8 Å². The molecule has 2 fully saturated rings. The molecule has 2 aliphatic heterocycles. The summed E-state index contributed by atoms with van der Waals surface area (Å²) in [6, 6.07) is 16.9. The van der Waals surface area contributed by atoms with Crippen LogP contribution in [0.4, 0.5) is 5.69 Å². The van der Waals surface area contributed by atoms with Crippen LogP contribution in [0, 0.1) is 31.6 Å². The summed E-state index contributed by atoms with van der Waals surface area (Å²) in [6.07, 6.45) is 10.4. The molecule has 0 spiro atoms. The molecule has 7 unspecified atom stereocenters. The van der Waals surface area contributed by atoms with Crippen molar-refractivity contribution in [2.75, 3.05) is 38.8 Å². The van der Waals surface area contributed by atoms with Crippen LogP contribution in [0.5, 0.6) is 17.2 Å². The van der Waals surface area contributed by atoms with Gasteiger partial charge in [-0.25, -0.2) is 8.42 Å². The number of sulfonamides is 1. The number of aliphatic hydroxyl groups excluding tert-OH is 2. The van der Waals surface area contributed by atoms with Gasteiger partial charge in [0.15, 0.2) is 0 Å². The summed E-state index contributed by atoms with van der Waals surface area (Å²) < 4.78 is 57.9. The first-order chi connectivity index (χ1) is 30.4. The number of likely N-dealkylation sites (N-methyl/N-ethyl adjacent to an activating group) is 1. The molecule has 2 heterocycles. The summed E-state index contributed by atoms with van der Waals surface area (Å²) in [6.45, 7) is 10.3. The van der Waals surface area contributed by atoms with Gasteiger partial charge in [0.25, 0.3) is 0 Å². The molecule has 14 heteroatoms. The Hall–Kier alpha value is -4.57. The van der Waals surface area contributed by atoms with Crippen molar-refractivity contribution < 1.29 is 47.2 Å². The van der Waals surface area contributed by atoms with E-state index >= 15 is 0 Å². The van der Waals surface area contributed by atoms with Crippen molar-refractivity contribution in [1.29, 1.82) is 0 Å². The predicted molar refractivity (Wildman–Crippen MR) is 241 cm³/mol. The first kappa shape index (κ1) is 46.4. The molecular weight excluding hydrogens is 823 g/mol. The number of carbonyl (C=O) groups is 1. The Balaban J connectivity index is 1.43. The second-order valence-corrected chi connectivity index (χ2v) is 19.2. The highest BCUT2D eigenvalue weighted by molar-refractivity contribution is 7.89. The van der Waals surface area contributed by atoms with Gasteiger partial charge in [-0.3, -0.25) is 4.79 Å². The number of ether oxygens (including phenoxy) is 4. The minimum atomic E-state index is -4.24. The summed E-state index contributed by atoms with van der Waals surface area (Å²) in [7, 11) is -2.69. The van der Waals surface area contributed by atoms with Gasteiger partial charge in [-0.1, -0.05) is 36.2 Å². The lowest BCUT2D eigenvalue weighted by atomic mass is 9.55. The van der Waals surface area contributed by atoms with Crippen LogP contribution < -0.4 is 14.8 Å². The topological polar surface area (TPSA) is 165 Å². The van der Waals surface area contributed by atoms with E-state index in [4.69, 9.17) is 28.9 Å². The number of nitrogens with zero attached hydrogens (tertiary/aromatic N) is 2. The van der Waals surface area contributed by atoms with Gasteiger partial charge in [0.1, 0.15) is 17.2 Å². The van der Waals surface area contributed by atoms with Crippen LogP contribution in [0.1, 0.15) is 93.7 Å². The molecular formula is C49H63N3O10S. The number of hydrogen-bond donors (Lipinski definition) is 3. The van der Waals surface area contributed by atoms with Crippen LogP contribution in [0.2, 0.25) is 0 Å². The normalized spacial score (nSPS) is 26.0. The van der Waals surface area contributed by atoms with Crippen LogP contribution >= 0.6 is 0 Å². The van der Waals surface area contributed by atoms with Crippen LogP contribution in [0.15, 0.2) is 95.0 Å². The number of aliphatic hydroxyl groups is 2. The zero-order valence-electron chi connectivity index (χ0n) is 37.0. The van der Waals surface area contributed by atoms with Gasteiger partial charge in [0.2, 0.25) is 28.0 Å². The number of amides is 1. The third-order valence-corrected chi connectivity index (χ3v) is 14.9. The number of aryl methyl sites for hydroxylation is 2. The zero-order chi connectivity index (χ0) is 44.7. The first-order valence-corrected chi connectivity index (χ1v) is 23.8. The summed E-state index contributed by atoms with van der Waals surface area (Å²) in [5.41, 5.74) is 5.09. The van der Waals surface area contributed by atoms with Crippen molar-refractivity contribution in [2.24, 2.45) is 22.9 Å². The maximum Gasteiger partial charge on any atom is 0.243 e. The van der Waals surface area contributed by atoms with Crippen molar-refractivity contribution in [3.05, 3.63) is 102 Å². The fourth-order valence-electron chi connectivity index (χ4n) is 9.84. The summed E-state index contributed by atoms with van der Waals surface area (Å²) in [4.78, 5) is 18.0. The molecule has 3 N–H and O–H groups in total. The van der Waals surface area contributed by atoms with Crippen molar-refractivity contribution in [3.8, 4) is 17.2 Å². The second kappa shape index (κ2) is 20.5. The molecule has 340 valence electrons. The fourth-order valence-corrected chi connectivity index (χ4v) is 11.2. The van der Waals surface area contributed by atoms with Crippen LogP contribution in [-0.4, -0.2) is 86.1 Å². The molecule has 2 aliphatic carbocycles. The van der Waals surface area contributed by atoms with E-state index in [1.165, 1.54) is 23.4 Å². The largest absolute Gasteiger partial charge is 0.460 e. The minimum absolute atomic E-state index is 0.0129. The van der Waals surface area contributed by atoms with Crippen molar-refractivity contribution in [2.45, 2.75) is 114 Å². The molecule has 63 heavy (non-hydrogen) atoms. The number of anilines is 1. The number of rotatable bonds is 19. The van der Waals surface area contributed by atoms with E-state index in [0.717, 1.165) is 60.8 Å². The Morgan fingerprint density at radius 1 is 0.984 bits per heavy atom. The van der Waals surface area contributed by atoms with Gasteiger partial charge in [-0.05, 0) is 136 Å². The molecule has 13 nitrogen and oxygen atoms in total. The van der Waals surface area contributed by atoms with Crippen LogP contribution in [0.3, 0.4) is 0 Å². The Kier molecular flexibility index (Phi) is 15.1. The molecule has 3 aromatic carbocycles. The lowest BCUT2D eigenvalue weighted by molar-refractivity contribution is -0.250. The minimum Gasteiger partial charge on any atom is -0.460 e. The lowest BCUT2D eigenvalue weighted by Crippen LogP contribution is -2.69. The quantitative estimate of drug-likeness (QED) is 0.0604. The number of allylic oxidation sites excluding steroid dienone is 1. The smallest absolute Gasteiger partial charge is 0.243 e. The monoisotopic (exact) mass is 885 g/mol. The zero-order valence-corrected chi connectivity index (χ0v) is 37.8. The van der Waals surface area contributed by atoms with Crippen molar-refractivity contribution in [1.82, 2.24) is 4.31 Å². The first-order valence-electron chi connectivity index (χ1n) is 22.4. The number of hydrogen-bond acceptors (Lipinski definition) is 11. The third-order valence-electron chi connectivity index (χ3n) is 13.1. The Morgan fingerprint density at radius 2 is 1.71 bits per heavy atom. The maximum absolute atomic E-state index is 14.9.